The molecule has 6 nitrogen and oxygen atoms in total. The van der Waals surface area contributed by atoms with Crippen LogP contribution in [0.3, 0.4) is 0 Å². The van der Waals surface area contributed by atoms with Crippen molar-refractivity contribution < 1.29 is 14.4 Å². The number of nitrogens with zero attached hydrogens (tertiary/aromatic N) is 1. The van der Waals surface area contributed by atoms with E-state index in [1.807, 2.05) is 0 Å². The number of rotatable bonds is 4. The monoisotopic (exact) mass is 409 g/mol. The van der Waals surface area contributed by atoms with E-state index in [1.165, 1.54) is 37.0 Å². The maximum atomic E-state index is 12.9. The molecular weight excluding hydrogens is 378 g/mol. The van der Waals surface area contributed by atoms with E-state index < -0.39 is 0 Å². The number of anilines is 1. The van der Waals surface area contributed by atoms with Gasteiger partial charge in [-0.05, 0) is 75.0 Å². The molecule has 6 heteroatoms. The molecule has 4 amide bonds. The Hall–Kier alpha value is -2.37. The molecule has 3 saturated carbocycles. The third-order valence-electron chi connectivity index (χ3n) is 7.91. The zero-order valence-electron chi connectivity index (χ0n) is 17.7. The van der Waals surface area contributed by atoms with Crippen molar-refractivity contribution in [3.63, 3.8) is 0 Å². The van der Waals surface area contributed by atoms with Crippen LogP contribution in [-0.2, 0) is 0 Å². The summed E-state index contributed by atoms with van der Waals surface area (Å²) in [5.74, 6) is 1.75. The number of nitrogens with one attached hydrogen (secondary N) is 2. The maximum absolute atomic E-state index is 12.9. The van der Waals surface area contributed by atoms with E-state index in [9.17, 15) is 14.4 Å². The summed E-state index contributed by atoms with van der Waals surface area (Å²) in [6.45, 7) is 2.10. The SMILES string of the molecule is CC(NC(=O)Nc1ccc2c(c1)C(=O)N(C1CCCCC1)C2=O)C1CC2CCC1C2. The molecule has 1 aromatic carbocycles. The van der Waals surface area contributed by atoms with Crippen LogP contribution < -0.4 is 10.6 Å². The van der Waals surface area contributed by atoms with E-state index in [4.69, 9.17) is 0 Å². The minimum absolute atomic E-state index is 0.00782. The summed E-state index contributed by atoms with van der Waals surface area (Å²) in [5, 5.41) is 5.96. The normalized spacial score (nSPS) is 29.2. The number of carbonyl (C=O) groups is 3. The molecule has 2 N–H and O–H groups in total. The fraction of sp³-hybridized carbons (Fsp3) is 0.625. The van der Waals surface area contributed by atoms with E-state index in [-0.39, 0.29) is 29.9 Å². The van der Waals surface area contributed by atoms with Crippen molar-refractivity contribution in [2.24, 2.45) is 17.8 Å². The number of benzene rings is 1. The first-order chi connectivity index (χ1) is 14.5. The highest BCUT2D eigenvalue weighted by atomic mass is 16.2. The van der Waals surface area contributed by atoms with Crippen molar-refractivity contribution in [1.29, 1.82) is 0 Å². The standard InChI is InChI=1S/C24H31N3O3/c1-14(20-12-15-7-8-16(20)11-15)25-24(30)26-17-9-10-19-21(13-17)23(29)27(22(19)28)18-5-3-2-4-6-18/h9-10,13-16,18,20H,2-8,11-12H2,1H3,(H2,25,26,30). The van der Waals surface area contributed by atoms with Crippen molar-refractivity contribution in [2.75, 3.05) is 5.32 Å². The molecule has 2 bridgehead atoms. The van der Waals surface area contributed by atoms with Crippen molar-refractivity contribution in [2.45, 2.75) is 76.8 Å². The second kappa shape index (κ2) is 7.71. The Bertz CT molecular complexity index is 876. The number of amides is 4. The predicted octanol–water partition coefficient (Wildman–Crippen LogP) is 4.56. The van der Waals surface area contributed by atoms with E-state index in [0.717, 1.165) is 37.5 Å². The molecule has 1 aromatic rings. The first-order valence-electron chi connectivity index (χ1n) is 11.6. The van der Waals surface area contributed by atoms with Crippen LogP contribution in [0.5, 0.6) is 0 Å². The highest BCUT2D eigenvalue weighted by Crippen LogP contribution is 2.49. The average Bonchev–Trinajstić information content (AvgIpc) is 3.43. The Balaban J connectivity index is 1.24. The number of carbonyl (C=O) groups excluding carboxylic acids is 3. The number of fused-ring (bicyclic) bond motifs is 3. The third kappa shape index (κ3) is 3.40. The molecule has 3 fully saturated rings. The Morgan fingerprint density at radius 1 is 1.00 bits per heavy atom. The molecule has 0 saturated heterocycles. The molecule has 1 aliphatic heterocycles. The molecule has 0 spiro atoms. The van der Waals surface area contributed by atoms with Gasteiger partial charge in [0, 0.05) is 17.8 Å². The van der Waals surface area contributed by atoms with Crippen LogP contribution in [0.2, 0.25) is 0 Å². The Kier molecular flexibility index (Phi) is 5.03. The molecule has 4 aliphatic rings. The lowest BCUT2D eigenvalue weighted by atomic mass is 9.84. The molecular formula is C24H31N3O3. The van der Waals surface area contributed by atoms with Gasteiger partial charge in [0.2, 0.25) is 0 Å². The minimum Gasteiger partial charge on any atom is -0.335 e. The first-order valence-corrected chi connectivity index (χ1v) is 11.6. The van der Waals surface area contributed by atoms with Crippen LogP contribution in [0.1, 0.15) is 85.4 Å². The minimum atomic E-state index is -0.244. The van der Waals surface area contributed by atoms with Gasteiger partial charge in [-0.25, -0.2) is 4.79 Å². The summed E-state index contributed by atoms with van der Waals surface area (Å²) in [4.78, 5) is 39.8. The molecule has 4 unspecified atom stereocenters. The van der Waals surface area contributed by atoms with Crippen molar-refractivity contribution in [3.05, 3.63) is 29.3 Å². The molecule has 5 rings (SSSR count). The smallest absolute Gasteiger partial charge is 0.319 e. The van der Waals surface area contributed by atoms with Gasteiger partial charge in [0.15, 0.2) is 0 Å². The summed E-state index contributed by atoms with van der Waals surface area (Å²) in [5.41, 5.74) is 1.41. The second-order valence-electron chi connectivity index (χ2n) is 9.76. The zero-order valence-corrected chi connectivity index (χ0v) is 17.7. The average molecular weight is 410 g/mol. The number of hydrogen-bond acceptors (Lipinski definition) is 3. The highest BCUT2D eigenvalue weighted by molar-refractivity contribution is 6.22. The van der Waals surface area contributed by atoms with Gasteiger partial charge in [-0.15, -0.1) is 0 Å². The number of imide groups is 1. The largest absolute Gasteiger partial charge is 0.335 e. The number of urea groups is 1. The van der Waals surface area contributed by atoms with E-state index >= 15 is 0 Å². The molecule has 1 heterocycles. The maximum Gasteiger partial charge on any atom is 0.319 e. The van der Waals surface area contributed by atoms with Crippen LogP contribution in [0, 0.1) is 17.8 Å². The topological polar surface area (TPSA) is 78.5 Å². The molecule has 0 radical (unpaired) electrons. The Morgan fingerprint density at radius 3 is 2.47 bits per heavy atom. The van der Waals surface area contributed by atoms with Gasteiger partial charge >= 0.3 is 6.03 Å². The Morgan fingerprint density at radius 2 is 1.77 bits per heavy atom. The van der Waals surface area contributed by atoms with E-state index in [1.54, 1.807) is 18.2 Å². The summed E-state index contributed by atoms with van der Waals surface area (Å²) in [6, 6.07) is 4.95. The fourth-order valence-electron chi connectivity index (χ4n) is 6.40. The van der Waals surface area contributed by atoms with Crippen molar-refractivity contribution in [3.8, 4) is 0 Å². The molecule has 0 aromatic heterocycles. The van der Waals surface area contributed by atoms with Crippen molar-refractivity contribution >= 4 is 23.5 Å². The van der Waals surface area contributed by atoms with Gasteiger partial charge in [0.25, 0.3) is 11.8 Å². The van der Waals surface area contributed by atoms with Crippen LogP contribution >= 0.6 is 0 Å². The van der Waals surface area contributed by atoms with Gasteiger partial charge < -0.3 is 10.6 Å². The van der Waals surface area contributed by atoms with E-state index in [0.29, 0.717) is 22.7 Å². The van der Waals surface area contributed by atoms with E-state index in [2.05, 4.69) is 17.6 Å². The predicted molar refractivity (Wildman–Crippen MR) is 114 cm³/mol. The summed E-state index contributed by atoms with van der Waals surface area (Å²) in [6.07, 6.45) is 10.2. The zero-order chi connectivity index (χ0) is 20.8. The lowest BCUT2D eigenvalue weighted by Gasteiger charge is -2.29. The first kappa shape index (κ1) is 19.6. The summed E-state index contributed by atoms with van der Waals surface area (Å²) < 4.78 is 0. The highest BCUT2D eigenvalue weighted by Gasteiger charge is 2.42. The quantitative estimate of drug-likeness (QED) is 0.716. The lowest BCUT2D eigenvalue weighted by molar-refractivity contribution is 0.0549. The summed E-state index contributed by atoms with van der Waals surface area (Å²) in [7, 11) is 0. The van der Waals surface area contributed by atoms with Crippen LogP contribution in [0.4, 0.5) is 10.5 Å². The van der Waals surface area contributed by atoms with Gasteiger partial charge in [-0.3, -0.25) is 14.5 Å². The Labute approximate surface area is 177 Å². The molecule has 160 valence electrons. The van der Waals surface area contributed by atoms with Gasteiger partial charge in [0.05, 0.1) is 11.1 Å². The third-order valence-corrected chi connectivity index (χ3v) is 7.91. The van der Waals surface area contributed by atoms with Crippen LogP contribution in [0.25, 0.3) is 0 Å². The van der Waals surface area contributed by atoms with Crippen LogP contribution in [-0.4, -0.2) is 34.8 Å². The lowest BCUT2D eigenvalue weighted by Crippen LogP contribution is -2.42. The van der Waals surface area contributed by atoms with Gasteiger partial charge in [-0.2, -0.15) is 0 Å². The van der Waals surface area contributed by atoms with Crippen molar-refractivity contribution in [1.82, 2.24) is 10.2 Å². The fourth-order valence-corrected chi connectivity index (χ4v) is 6.40. The second-order valence-corrected chi connectivity index (χ2v) is 9.76. The molecule has 4 atom stereocenters. The summed E-state index contributed by atoms with van der Waals surface area (Å²) >= 11 is 0. The van der Waals surface area contributed by atoms with Gasteiger partial charge in [0.1, 0.15) is 0 Å². The number of hydrogen-bond donors (Lipinski definition) is 2. The van der Waals surface area contributed by atoms with Crippen LogP contribution in [0.15, 0.2) is 18.2 Å². The molecule has 30 heavy (non-hydrogen) atoms. The molecule has 3 aliphatic carbocycles. The van der Waals surface area contributed by atoms with Gasteiger partial charge in [-0.1, -0.05) is 25.7 Å².